The van der Waals surface area contributed by atoms with E-state index in [1.807, 2.05) is 17.8 Å². The van der Waals surface area contributed by atoms with E-state index in [1.54, 1.807) is 54.4 Å². The van der Waals surface area contributed by atoms with Gasteiger partial charge in [-0.3, -0.25) is 14.2 Å². The second-order valence-corrected chi connectivity index (χ2v) is 9.62. The molecule has 0 unspecified atom stereocenters. The Hall–Kier alpha value is -5.38. The van der Waals surface area contributed by atoms with Crippen LogP contribution in [0.15, 0.2) is 96.4 Å². The van der Waals surface area contributed by atoms with Gasteiger partial charge in [-0.05, 0) is 73.2 Å². The van der Waals surface area contributed by atoms with Gasteiger partial charge in [0.05, 0.1) is 30.0 Å². The minimum absolute atomic E-state index is 0.0274. The molecule has 10 heteroatoms. The highest BCUT2D eigenvalue weighted by atomic mass is 19.1. The molecule has 2 aromatic carbocycles. The Morgan fingerprint density at radius 2 is 1.78 bits per heavy atom. The molecule has 0 saturated carbocycles. The number of ether oxygens (including phenoxy) is 1. The van der Waals surface area contributed by atoms with Crippen LogP contribution in [0.3, 0.4) is 0 Å². The SMILES string of the molecule is Cc1ccc(C(=O)Cc2ccc(Oc3cc(-c4cncn4C)cn4nccc34)c(F)c2)c(=O)n1-c1ccc(F)cc1. The smallest absolute Gasteiger partial charge is 0.266 e. The molecule has 0 radical (unpaired) electrons. The van der Waals surface area contributed by atoms with Crippen LogP contribution in [0.5, 0.6) is 11.5 Å². The van der Waals surface area contributed by atoms with Crippen molar-refractivity contribution in [3.05, 3.63) is 130 Å². The summed E-state index contributed by atoms with van der Waals surface area (Å²) in [5, 5.41) is 4.29. The van der Waals surface area contributed by atoms with E-state index in [-0.39, 0.29) is 17.7 Å². The first-order valence-electron chi connectivity index (χ1n) is 12.7. The average molecular weight is 552 g/mol. The van der Waals surface area contributed by atoms with Crippen molar-refractivity contribution in [2.24, 2.45) is 7.05 Å². The number of fused-ring (bicyclic) bond motifs is 1. The summed E-state index contributed by atoms with van der Waals surface area (Å²) < 4.78 is 39.4. The van der Waals surface area contributed by atoms with Gasteiger partial charge in [0.1, 0.15) is 11.3 Å². The van der Waals surface area contributed by atoms with Gasteiger partial charge in [-0.25, -0.2) is 18.3 Å². The molecule has 0 aliphatic heterocycles. The third-order valence-electron chi connectivity index (χ3n) is 6.83. The first-order chi connectivity index (χ1) is 19.8. The van der Waals surface area contributed by atoms with Crippen LogP contribution in [0, 0.1) is 18.6 Å². The summed E-state index contributed by atoms with van der Waals surface area (Å²) in [6.45, 7) is 1.72. The number of rotatable bonds is 7. The molecule has 0 fully saturated rings. The van der Waals surface area contributed by atoms with Crippen molar-refractivity contribution >= 4 is 11.3 Å². The number of ketones is 1. The van der Waals surface area contributed by atoms with Crippen LogP contribution < -0.4 is 10.3 Å². The van der Waals surface area contributed by atoms with Gasteiger partial charge in [-0.15, -0.1) is 0 Å². The Bertz CT molecular complexity index is 1990. The molecular weight excluding hydrogens is 528 g/mol. The van der Waals surface area contributed by atoms with E-state index in [0.717, 1.165) is 11.3 Å². The zero-order valence-electron chi connectivity index (χ0n) is 22.1. The first-order valence-corrected chi connectivity index (χ1v) is 12.7. The van der Waals surface area contributed by atoms with Crippen LogP contribution in [-0.4, -0.2) is 29.5 Å². The molecule has 0 amide bonds. The number of pyridine rings is 2. The molecule has 6 aromatic rings. The number of carbonyl (C=O) groups excluding carboxylic acids is 1. The Labute approximate surface area is 232 Å². The van der Waals surface area contributed by atoms with E-state index in [2.05, 4.69) is 10.1 Å². The molecule has 0 aliphatic rings. The average Bonchev–Trinajstić information content (AvgIpc) is 3.60. The standard InChI is InChI=1S/C31H23F2N5O3/c1-19-3-9-24(31(40)38(19)23-7-5-22(32)6-8-23)28(39)14-20-4-10-29(25(33)13-20)41-30-15-21(27-16-34-18-36(27)2)17-37-26(30)11-12-35-37/h3-13,15-18H,14H2,1-2H3. The molecule has 0 saturated heterocycles. The van der Waals surface area contributed by atoms with Crippen molar-refractivity contribution in [1.82, 2.24) is 23.7 Å². The van der Waals surface area contributed by atoms with Crippen LogP contribution in [0.4, 0.5) is 8.78 Å². The van der Waals surface area contributed by atoms with E-state index in [1.165, 1.54) is 47.0 Å². The molecule has 0 atom stereocenters. The van der Waals surface area contributed by atoms with Gasteiger partial charge < -0.3 is 9.30 Å². The van der Waals surface area contributed by atoms with E-state index >= 15 is 4.39 Å². The van der Waals surface area contributed by atoms with Gasteiger partial charge in [-0.1, -0.05) is 6.07 Å². The summed E-state index contributed by atoms with van der Waals surface area (Å²) in [4.78, 5) is 30.5. The van der Waals surface area contributed by atoms with Crippen molar-refractivity contribution in [3.8, 4) is 28.4 Å². The van der Waals surface area contributed by atoms with Crippen LogP contribution in [0.25, 0.3) is 22.5 Å². The zero-order valence-corrected chi connectivity index (χ0v) is 22.1. The van der Waals surface area contributed by atoms with E-state index in [0.29, 0.717) is 28.2 Å². The number of carbonyl (C=O) groups is 1. The monoisotopic (exact) mass is 551 g/mol. The number of aromatic nitrogens is 5. The lowest BCUT2D eigenvalue weighted by Crippen LogP contribution is -2.27. The van der Waals surface area contributed by atoms with Crippen LogP contribution in [-0.2, 0) is 13.5 Å². The maximum absolute atomic E-state index is 15.2. The Morgan fingerprint density at radius 3 is 2.51 bits per heavy atom. The van der Waals surface area contributed by atoms with Crippen molar-refractivity contribution in [2.75, 3.05) is 0 Å². The van der Waals surface area contributed by atoms with Gasteiger partial charge in [-0.2, -0.15) is 5.10 Å². The Morgan fingerprint density at radius 1 is 0.976 bits per heavy atom. The van der Waals surface area contributed by atoms with E-state index < -0.39 is 23.0 Å². The van der Waals surface area contributed by atoms with Gasteiger partial charge >= 0.3 is 0 Å². The van der Waals surface area contributed by atoms with Crippen molar-refractivity contribution < 1.29 is 18.3 Å². The quantitative estimate of drug-likeness (QED) is 0.238. The number of benzene rings is 2. The predicted molar refractivity (Wildman–Crippen MR) is 149 cm³/mol. The molecular formula is C31H23F2N5O3. The lowest BCUT2D eigenvalue weighted by molar-refractivity contribution is 0.0991. The summed E-state index contributed by atoms with van der Waals surface area (Å²) in [6, 6.07) is 16.3. The molecule has 0 bridgehead atoms. The van der Waals surface area contributed by atoms with Gasteiger partial charge in [0.2, 0.25) is 0 Å². The highest BCUT2D eigenvalue weighted by molar-refractivity contribution is 5.97. The topological polar surface area (TPSA) is 83.4 Å². The lowest BCUT2D eigenvalue weighted by Gasteiger charge is -2.13. The summed E-state index contributed by atoms with van der Waals surface area (Å²) in [7, 11) is 1.87. The van der Waals surface area contributed by atoms with Gasteiger partial charge in [0.15, 0.2) is 23.1 Å². The molecule has 6 rings (SSSR count). The molecule has 4 heterocycles. The number of aryl methyl sites for hydroxylation is 2. The highest BCUT2D eigenvalue weighted by Crippen LogP contribution is 2.32. The van der Waals surface area contributed by atoms with Gasteiger partial charge in [0.25, 0.3) is 5.56 Å². The lowest BCUT2D eigenvalue weighted by atomic mass is 10.0. The van der Waals surface area contributed by atoms with Crippen LogP contribution in [0.1, 0.15) is 21.6 Å². The fraction of sp³-hybridized carbons (Fsp3) is 0.0968. The maximum atomic E-state index is 15.2. The fourth-order valence-electron chi connectivity index (χ4n) is 4.74. The van der Waals surface area contributed by atoms with Crippen molar-refractivity contribution in [2.45, 2.75) is 13.3 Å². The zero-order chi connectivity index (χ0) is 28.7. The third kappa shape index (κ3) is 4.91. The minimum atomic E-state index is -0.661. The van der Waals surface area contributed by atoms with Crippen LogP contribution in [0.2, 0.25) is 0 Å². The summed E-state index contributed by atoms with van der Waals surface area (Å²) in [5.41, 5.74) is 3.09. The van der Waals surface area contributed by atoms with Crippen molar-refractivity contribution in [3.63, 3.8) is 0 Å². The number of Topliss-reactive ketones (excluding diaryl/α,β-unsaturated/α-hetero) is 1. The van der Waals surface area contributed by atoms with E-state index in [9.17, 15) is 14.0 Å². The normalized spacial score (nSPS) is 11.2. The minimum Gasteiger partial charge on any atom is -0.452 e. The second-order valence-electron chi connectivity index (χ2n) is 9.62. The fourth-order valence-corrected chi connectivity index (χ4v) is 4.74. The number of imidazole rings is 1. The van der Waals surface area contributed by atoms with Gasteiger partial charge in [0, 0.05) is 36.6 Å². The molecule has 0 aliphatic carbocycles. The Kier molecular flexibility index (Phi) is 6.50. The molecule has 8 nitrogen and oxygen atoms in total. The predicted octanol–water partition coefficient (Wildman–Crippen LogP) is 5.69. The molecule has 41 heavy (non-hydrogen) atoms. The van der Waals surface area contributed by atoms with Crippen molar-refractivity contribution in [1.29, 1.82) is 0 Å². The third-order valence-corrected chi connectivity index (χ3v) is 6.83. The largest absolute Gasteiger partial charge is 0.452 e. The molecule has 0 N–H and O–H groups in total. The number of nitrogens with zero attached hydrogens (tertiary/aromatic N) is 5. The second kappa shape index (κ2) is 10.3. The Balaban J connectivity index is 1.26. The number of hydrogen-bond acceptors (Lipinski definition) is 5. The molecule has 204 valence electrons. The summed E-state index contributed by atoms with van der Waals surface area (Å²) in [6.07, 6.45) is 6.65. The maximum Gasteiger partial charge on any atom is 0.266 e. The molecule has 4 aromatic heterocycles. The highest BCUT2D eigenvalue weighted by Gasteiger charge is 2.18. The number of hydrogen-bond donors (Lipinski definition) is 0. The molecule has 0 spiro atoms. The number of halogens is 2. The summed E-state index contributed by atoms with van der Waals surface area (Å²) >= 11 is 0. The first kappa shape index (κ1) is 25.9. The summed E-state index contributed by atoms with van der Waals surface area (Å²) in [5.74, 6) is -1.20. The van der Waals surface area contributed by atoms with E-state index in [4.69, 9.17) is 4.74 Å². The van der Waals surface area contributed by atoms with Crippen LogP contribution >= 0.6 is 0 Å².